The number of amides is 2. The number of anilines is 1. The smallest absolute Gasteiger partial charge is 0.293 e. The molecule has 0 aliphatic carbocycles. The fraction of sp³-hybridized carbons (Fsp3) is 0.381. The number of fused-ring (bicyclic) bond motifs is 2. The lowest BCUT2D eigenvalue weighted by molar-refractivity contribution is 0.0772. The van der Waals surface area contributed by atoms with Crippen LogP contribution in [0.4, 0.5) is 5.69 Å². The summed E-state index contributed by atoms with van der Waals surface area (Å²) >= 11 is 0. The maximum Gasteiger partial charge on any atom is 0.293 e. The number of aryl methyl sites for hydroxylation is 1. The molecule has 0 spiro atoms. The Morgan fingerprint density at radius 3 is 2.61 bits per heavy atom. The molecule has 2 aliphatic rings. The lowest BCUT2D eigenvalue weighted by atomic mass is 9.89. The predicted molar refractivity (Wildman–Crippen MR) is 109 cm³/mol. The van der Waals surface area contributed by atoms with Gasteiger partial charge in [0.15, 0.2) is 5.69 Å². The number of carbonyl (C=O) groups excluding carboxylic acids is 2. The number of rotatable bonds is 4. The minimum atomic E-state index is -0.314. The number of nitrogens with one attached hydrogen (secondary N) is 1. The Morgan fingerprint density at radius 1 is 1.13 bits per heavy atom. The van der Waals surface area contributed by atoms with Crippen molar-refractivity contribution in [3.63, 3.8) is 0 Å². The van der Waals surface area contributed by atoms with E-state index in [2.05, 4.69) is 20.7 Å². The summed E-state index contributed by atoms with van der Waals surface area (Å²) in [7, 11) is 1.59. The number of methoxy groups -OCH3 is 1. The van der Waals surface area contributed by atoms with E-state index in [0.717, 1.165) is 5.82 Å². The van der Waals surface area contributed by atoms with Crippen molar-refractivity contribution in [2.24, 2.45) is 11.8 Å². The molecule has 10 heteroatoms. The molecule has 0 unspecified atom stereocenters. The van der Waals surface area contributed by atoms with E-state index in [0.29, 0.717) is 48.9 Å². The van der Waals surface area contributed by atoms with Crippen molar-refractivity contribution < 1.29 is 18.8 Å². The quantitative estimate of drug-likeness (QED) is 0.681. The first kappa shape index (κ1) is 19.3. The molecule has 3 aromatic rings. The summed E-state index contributed by atoms with van der Waals surface area (Å²) in [4.78, 5) is 27.3. The van der Waals surface area contributed by atoms with Gasteiger partial charge in [0.1, 0.15) is 17.3 Å². The Kier molecular flexibility index (Phi) is 4.68. The molecule has 2 amide bonds. The van der Waals surface area contributed by atoms with E-state index in [-0.39, 0.29) is 29.5 Å². The van der Waals surface area contributed by atoms with Crippen LogP contribution in [0, 0.1) is 18.8 Å². The highest BCUT2D eigenvalue weighted by atomic mass is 16.5. The number of nitrogens with zero attached hydrogens (tertiary/aromatic N) is 5. The average Bonchev–Trinajstić information content (AvgIpc) is 3.49. The van der Waals surface area contributed by atoms with E-state index >= 15 is 0 Å². The standard InChI is InChI=1S/C21H22N6O4/c1-12-7-17(25-31-12)21(29)26-9-13-8-18-23-24-19(27(18)11-14(13)10-26)20(28)22-15-3-5-16(30-2)6-4-15/h3-7,13-14H,8-11H2,1-2H3,(H,22,28)/t13-,14-/m0/s1. The molecular weight excluding hydrogens is 400 g/mol. The van der Waals surface area contributed by atoms with Gasteiger partial charge in [-0.25, -0.2) is 0 Å². The highest BCUT2D eigenvalue weighted by molar-refractivity contribution is 6.01. The van der Waals surface area contributed by atoms with Gasteiger partial charge >= 0.3 is 0 Å². The zero-order valence-corrected chi connectivity index (χ0v) is 17.2. The molecular formula is C21H22N6O4. The molecule has 2 aliphatic heterocycles. The number of benzene rings is 1. The Hall–Kier alpha value is -3.69. The molecule has 1 aromatic carbocycles. The normalized spacial score (nSPS) is 19.6. The van der Waals surface area contributed by atoms with E-state index < -0.39 is 0 Å². The van der Waals surface area contributed by atoms with Crippen molar-refractivity contribution >= 4 is 17.5 Å². The van der Waals surface area contributed by atoms with E-state index in [1.807, 2.05) is 9.47 Å². The monoisotopic (exact) mass is 422 g/mol. The summed E-state index contributed by atoms with van der Waals surface area (Å²) in [5, 5.41) is 15.1. The molecule has 1 N–H and O–H groups in total. The lowest BCUT2D eigenvalue weighted by Crippen LogP contribution is -2.31. The zero-order valence-electron chi connectivity index (χ0n) is 17.2. The van der Waals surface area contributed by atoms with Crippen LogP contribution in [0.1, 0.15) is 32.7 Å². The van der Waals surface area contributed by atoms with Gasteiger partial charge in [0.2, 0.25) is 5.82 Å². The van der Waals surface area contributed by atoms with Crippen LogP contribution in [0.2, 0.25) is 0 Å². The van der Waals surface area contributed by atoms with E-state index in [4.69, 9.17) is 9.26 Å². The molecule has 0 bridgehead atoms. The molecule has 2 atom stereocenters. The highest BCUT2D eigenvalue weighted by Crippen LogP contribution is 2.33. The van der Waals surface area contributed by atoms with E-state index in [1.165, 1.54) is 0 Å². The van der Waals surface area contributed by atoms with Crippen molar-refractivity contribution in [1.29, 1.82) is 0 Å². The molecule has 2 aromatic heterocycles. The van der Waals surface area contributed by atoms with Crippen LogP contribution in [0.3, 0.4) is 0 Å². The first-order chi connectivity index (χ1) is 15.0. The third-order valence-electron chi connectivity index (χ3n) is 5.95. The van der Waals surface area contributed by atoms with Crippen molar-refractivity contribution in [2.75, 3.05) is 25.5 Å². The summed E-state index contributed by atoms with van der Waals surface area (Å²) in [5.74, 6) is 2.45. The number of aromatic nitrogens is 4. The zero-order chi connectivity index (χ0) is 21.5. The van der Waals surface area contributed by atoms with Crippen molar-refractivity contribution in [1.82, 2.24) is 24.8 Å². The molecule has 4 heterocycles. The first-order valence-electron chi connectivity index (χ1n) is 10.1. The SMILES string of the molecule is COc1ccc(NC(=O)c2nnc3n2C[C@@H]2CN(C(=O)c4cc(C)on4)C[C@@H]2C3)cc1. The maximum absolute atomic E-state index is 12.8. The average molecular weight is 422 g/mol. The maximum atomic E-state index is 12.8. The second-order valence-electron chi connectivity index (χ2n) is 7.99. The minimum Gasteiger partial charge on any atom is -0.497 e. The van der Waals surface area contributed by atoms with Gasteiger partial charge in [-0.15, -0.1) is 10.2 Å². The van der Waals surface area contributed by atoms with Crippen LogP contribution in [0.25, 0.3) is 0 Å². The molecule has 0 saturated carbocycles. The molecule has 5 rings (SSSR count). The molecule has 1 fully saturated rings. The fourth-order valence-corrected chi connectivity index (χ4v) is 4.35. The highest BCUT2D eigenvalue weighted by Gasteiger charge is 2.41. The topological polar surface area (TPSA) is 115 Å². The van der Waals surface area contributed by atoms with Gasteiger partial charge in [0, 0.05) is 37.8 Å². The van der Waals surface area contributed by atoms with Gasteiger partial charge in [-0.2, -0.15) is 0 Å². The van der Waals surface area contributed by atoms with Gasteiger partial charge in [0.25, 0.3) is 11.8 Å². The summed E-state index contributed by atoms with van der Waals surface area (Å²) in [6, 6.07) is 8.75. The van der Waals surface area contributed by atoms with Crippen molar-refractivity contribution in [2.45, 2.75) is 19.9 Å². The van der Waals surface area contributed by atoms with Gasteiger partial charge in [-0.05, 0) is 43.0 Å². The third kappa shape index (κ3) is 3.54. The van der Waals surface area contributed by atoms with E-state index in [1.54, 1.807) is 44.4 Å². The molecule has 31 heavy (non-hydrogen) atoms. The van der Waals surface area contributed by atoms with Crippen molar-refractivity contribution in [3.8, 4) is 5.75 Å². The number of hydrogen-bond donors (Lipinski definition) is 1. The van der Waals surface area contributed by atoms with Crippen LogP contribution >= 0.6 is 0 Å². The van der Waals surface area contributed by atoms with Gasteiger partial charge in [-0.1, -0.05) is 5.16 Å². The Morgan fingerprint density at radius 2 is 1.90 bits per heavy atom. The number of carbonyl (C=O) groups is 2. The largest absolute Gasteiger partial charge is 0.497 e. The van der Waals surface area contributed by atoms with Gasteiger partial charge in [-0.3, -0.25) is 9.59 Å². The predicted octanol–water partition coefficient (Wildman–Crippen LogP) is 1.78. The van der Waals surface area contributed by atoms with Crippen LogP contribution in [0.5, 0.6) is 5.75 Å². The van der Waals surface area contributed by atoms with Crippen LogP contribution < -0.4 is 10.1 Å². The lowest BCUT2D eigenvalue weighted by Gasteiger charge is -2.25. The Bertz CT molecular complexity index is 1140. The summed E-state index contributed by atoms with van der Waals surface area (Å²) in [5.41, 5.74) is 0.979. The summed E-state index contributed by atoms with van der Waals surface area (Å²) in [6.45, 7) is 3.60. The fourth-order valence-electron chi connectivity index (χ4n) is 4.35. The van der Waals surface area contributed by atoms with Crippen LogP contribution in [0.15, 0.2) is 34.9 Å². The second kappa shape index (κ2) is 7.53. The second-order valence-corrected chi connectivity index (χ2v) is 7.99. The molecule has 1 saturated heterocycles. The van der Waals surface area contributed by atoms with Gasteiger partial charge in [0.05, 0.1) is 7.11 Å². The molecule has 160 valence electrons. The van der Waals surface area contributed by atoms with Crippen LogP contribution in [-0.4, -0.2) is 56.8 Å². The number of likely N-dealkylation sites (tertiary alicyclic amines) is 1. The van der Waals surface area contributed by atoms with E-state index in [9.17, 15) is 9.59 Å². The Balaban J connectivity index is 1.29. The van der Waals surface area contributed by atoms with Crippen molar-refractivity contribution in [3.05, 3.63) is 53.4 Å². The molecule has 0 radical (unpaired) electrons. The summed E-state index contributed by atoms with van der Waals surface area (Å²) < 4.78 is 12.0. The number of ether oxygens (including phenoxy) is 1. The number of hydrogen-bond acceptors (Lipinski definition) is 7. The minimum absolute atomic E-state index is 0.125. The van der Waals surface area contributed by atoms with Crippen LogP contribution in [-0.2, 0) is 13.0 Å². The van der Waals surface area contributed by atoms with Gasteiger partial charge < -0.3 is 24.0 Å². The molecule has 10 nitrogen and oxygen atoms in total. The Labute approximate surface area is 178 Å². The third-order valence-corrected chi connectivity index (χ3v) is 5.95. The summed E-state index contributed by atoms with van der Waals surface area (Å²) in [6.07, 6.45) is 0.676. The first-order valence-corrected chi connectivity index (χ1v) is 10.1.